The van der Waals surface area contributed by atoms with Gasteiger partial charge in [-0.1, -0.05) is 116 Å². The van der Waals surface area contributed by atoms with Gasteiger partial charge >= 0.3 is 0 Å². The van der Waals surface area contributed by atoms with Crippen LogP contribution in [0.5, 0.6) is 5.75 Å². The summed E-state index contributed by atoms with van der Waals surface area (Å²) in [6, 6.07) is 5.86. The van der Waals surface area contributed by atoms with Crippen LogP contribution in [0.2, 0.25) is 0 Å². The fraction of sp³-hybridized carbons (Fsp3) is 0.759. The standard InChI is InChI=1S/C29H51NO2/c1-4-5-6-7-8-9-10-11-12-13-14-15-16-17-18-19-20-21-24-32-28-22-23-29(26(2)25-28)30-27(3)31/h22-23,25H,4-21,24H2,1-3H3,(H,30,31). The van der Waals surface area contributed by atoms with Gasteiger partial charge in [0.15, 0.2) is 0 Å². The van der Waals surface area contributed by atoms with Gasteiger partial charge in [-0.2, -0.15) is 0 Å². The van der Waals surface area contributed by atoms with Gasteiger partial charge in [0.25, 0.3) is 0 Å². The van der Waals surface area contributed by atoms with E-state index in [2.05, 4.69) is 12.2 Å². The van der Waals surface area contributed by atoms with E-state index in [0.717, 1.165) is 30.0 Å². The minimum atomic E-state index is -0.0411. The maximum atomic E-state index is 11.2. The van der Waals surface area contributed by atoms with Gasteiger partial charge < -0.3 is 10.1 Å². The minimum Gasteiger partial charge on any atom is -0.494 e. The van der Waals surface area contributed by atoms with Crippen LogP contribution in [0.15, 0.2) is 18.2 Å². The average molecular weight is 446 g/mol. The van der Waals surface area contributed by atoms with E-state index in [1.165, 1.54) is 116 Å². The molecule has 1 N–H and O–H groups in total. The molecule has 1 rings (SSSR count). The van der Waals surface area contributed by atoms with Gasteiger partial charge in [0, 0.05) is 12.6 Å². The SMILES string of the molecule is CCCCCCCCCCCCCCCCCCCCOc1ccc(NC(C)=O)c(C)c1. The normalized spacial score (nSPS) is 11.0. The van der Waals surface area contributed by atoms with Crippen molar-refractivity contribution >= 4 is 11.6 Å². The molecular weight excluding hydrogens is 394 g/mol. The molecule has 0 saturated heterocycles. The lowest BCUT2D eigenvalue weighted by molar-refractivity contribution is -0.114. The Morgan fingerprint density at radius 3 is 1.56 bits per heavy atom. The van der Waals surface area contributed by atoms with E-state index >= 15 is 0 Å². The summed E-state index contributed by atoms with van der Waals surface area (Å²) in [6.45, 7) is 6.59. The Bertz CT molecular complexity index is 585. The second-order valence-electron chi connectivity index (χ2n) is 9.52. The maximum Gasteiger partial charge on any atom is 0.221 e. The molecule has 0 unspecified atom stereocenters. The smallest absolute Gasteiger partial charge is 0.221 e. The Kier molecular flexibility index (Phi) is 17.9. The summed E-state index contributed by atoms with van der Waals surface area (Å²) in [4.78, 5) is 11.2. The van der Waals surface area contributed by atoms with Crippen LogP contribution in [0.3, 0.4) is 0 Å². The topological polar surface area (TPSA) is 38.3 Å². The molecule has 0 aliphatic rings. The highest BCUT2D eigenvalue weighted by Crippen LogP contribution is 2.22. The summed E-state index contributed by atoms with van der Waals surface area (Å²) in [5.41, 5.74) is 1.90. The number of ether oxygens (including phenoxy) is 1. The van der Waals surface area contributed by atoms with Gasteiger partial charge in [0.05, 0.1) is 6.61 Å². The minimum absolute atomic E-state index is 0.0411. The van der Waals surface area contributed by atoms with Gasteiger partial charge in [0.1, 0.15) is 5.75 Å². The second kappa shape index (κ2) is 20.1. The molecule has 0 fully saturated rings. The van der Waals surface area contributed by atoms with Gasteiger partial charge in [0.2, 0.25) is 5.91 Å². The zero-order valence-electron chi connectivity index (χ0n) is 21.5. The summed E-state index contributed by atoms with van der Waals surface area (Å²) >= 11 is 0. The Morgan fingerprint density at radius 1 is 0.719 bits per heavy atom. The van der Waals surface area contributed by atoms with E-state index in [4.69, 9.17) is 4.74 Å². The molecule has 0 atom stereocenters. The molecule has 0 aliphatic heterocycles. The Morgan fingerprint density at radius 2 is 1.16 bits per heavy atom. The third-order valence-corrected chi connectivity index (χ3v) is 6.28. The summed E-state index contributed by atoms with van der Waals surface area (Å²) < 4.78 is 5.86. The third-order valence-electron chi connectivity index (χ3n) is 6.28. The lowest BCUT2D eigenvalue weighted by atomic mass is 10.0. The summed E-state index contributed by atoms with van der Waals surface area (Å²) in [6.07, 6.45) is 25.1. The molecule has 0 spiro atoms. The summed E-state index contributed by atoms with van der Waals surface area (Å²) in [7, 11) is 0. The predicted molar refractivity (Wildman–Crippen MR) is 140 cm³/mol. The monoisotopic (exact) mass is 445 g/mol. The van der Waals surface area contributed by atoms with Crippen molar-refractivity contribution in [3.05, 3.63) is 23.8 Å². The first-order valence-corrected chi connectivity index (χ1v) is 13.6. The van der Waals surface area contributed by atoms with Crippen LogP contribution in [-0.4, -0.2) is 12.5 Å². The van der Waals surface area contributed by atoms with Crippen molar-refractivity contribution in [2.75, 3.05) is 11.9 Å². The van der Waals surface area contributed by atoms with Gasteiger partial charge in [-0.15, -0.1) is 0 Å². The molecule has 1 aromatic carbocycles. The number of amides is 1. The molecule has 32 heavy (non-hydrogen) atoms. The number of unbranched alkanes of at least 4 members (excludes halogenated alkanes) is 17. The zero-order valence-corrected chi connectivity index (χ0v) is 21.5. The fourth-order valence-electron chi connectivity index (χ4n) is 4.25. The van der Waals surface area contributed by atoms with Crippen LogP contribution in [0, 0.1) is 6.92 Å². The van der Waals surface area contributed by atoms with Crippen LogP contribution < -0.4 is 10.1 Å². The summed E-state index contributed by atoms with van der Waals surface area (Å²) in [5.74, 6) is 0.851. The lowest BCUT2D eigenvalue weighted by Gasteiger charge is -2.10. The molecule has 1 amide bonds. The fourth-order valence-corrected chi connectivity index (χ4v) is 4.25. The van der Waals surface area contributed by atoms with Crippen molar-refractivity contribution < 1.29 is 9.53 Å². The van der Waals surface area contributed by atoms with Gasteiger partial charge in [-0.05, 0) is 37.1 Å². The first kappa shape index (κ1) is 28.5. The molecule has 3 nitrogen and oxygen atoms in total. The van der Waals surface area contributed by atoms with Crippen molar-refractivity contribution in [3.63, 3.8) is 0 Å². The quantitative estimate of drug-likeness (QED) is 0.191. The molecule has 0 heterocycles. The molecule has 1 aromatic rings. The number of carbonyl (C=O) groups excluding carboxylic acids is 1. The number of hydrogen-bond acceptors (Lipinski definition) is 2. The highest BCUT2D eigenvalue weighted by Gasteiger charge is 2.02. The van der Waals surface area contributed by atoms with E-state index in [0.29, 0.717) is 0 Å². The van der Waals surface area contributed by atoms with E-state index in [1.54, 1.807) is 0 Å². The number of rotatable bonds is 21. The van der Waals surface area contributed by atoms with Crippen LogP contribution in [-0.2, 0) is 4.79 Å². The number of carbonyl (C=O) groups is 1. The number of benzene rings is 1. The number of anilines is 1. The lowest BCUT2D eigenvalue weighted by Crippen LogP contribution is -2.07. The molecule has 0 radical (unpaired) electrons. The van der Waals surface area contributed by atoms with Crippen LogP contribution in [0.4, 0.5) is 5.69 Å². The van der Waals surface area contributed by atoms with E-state index in [1.807, 2.05) is 25.1 Å². The predicted octanol–water partition coefficient (Wildman–Crippen LogP) is 9.37. The van der Waals surface area contributed by atoms with Crippen LogP contribution in [0.1, 0.15) is 135 Å². The number of hydrogen-bond donors (Lipinski definition) is 1. The molecule has 0 aliphatic carbocycles. The molecule has 0 saturated carbocycles. The van der Waals surface area contributed by atoms with Crippen molar-refractivity contribution in [3.8, 4) is 5.75 Å². The molecule has 0 aromatic heterocycles. The van der Waals surface area contributed by atoms with Crippen LogP contribution in [0.25, 0.3) is 0 Å². The van der Waals surface area contributed by atoms with Crippen molar-refractivity contribution in [2.45, 2.75) is 136 Å². The number of aryl methyl sites for hydroxylation is 1. The average Bonchev–Trinajstić information content (AvgIpc) is 2.77. The summed E-state index contributed by atoms with van der Waals surface area (Å²) in [5, 5.41) is 2.83. The first-order chi connectivity index (χ1) is 15.6. The Hall–Kier alpha value is -1.51. The van der Waals surface area contributed by atoms with Crippen molar-refractivity contribution in [1.29, 1.82) is 0 Å². The molecule has 0 bridgehead atoms. The zero-order chi connectivity index (χ0) is 23.3. The number of nitrogens with one attached hydrogen (secondary N) is 1. The molecule has 3 heteroatoms. The Balaban J connectivity index is 1.83. The highest BCUT2D eigenvalue weighted by molar-refractivity contribution is 5.89. The second-order valence-corrected chi connectivity index (χ2v) is 9.52. The van der Waals surface area contributed by atoms with Crippen LogP contribution >= 0.6 is 0 Å². The maximum absolute atomic E-state index is 11.2. The Labute approximate surface area is 199 Å². The van der Waals surface area contributed by atoms with E-state index < -0.39 is 0 Å². The van der Waals surface area contributed by atoms with Gasteiger partial charge in [-0.3, -0.25) is 4.79 Å². The van der Waals surface area contributed by atoms with Gasteiger partial charge in [-0.25, -0.2) is 0 Å². The van der Waals surface area contributed by atoms with E-state index in [9.17, 15) is 4.79 Å². The molecular formula is C29H51NO2. The van der Waals surface area contributed by atoms with Crippen molar-refractivity contribution in [1.82, 2.24) is 0 Å². The largest absolute Gasteiger partial charge is 0.494 e. The first-order valence-electron chi connectivity index (χ1n) is 13.6. The van der Waals surface area contributed by atoms with E-state index in [-0.39, 0.29) is 5.91 Å². The molecule has 184 valence electrons. The van der Waals surface area contributed by atoms with Crippen molar-refractivity contribution in [2.24, 2.45) is 0 Å². The third kappa shape index (κ3) is 16.2. The highest BCUT2D eigenvalue weighted by atomic mass is 16.5.